The van der Waals surface area contributed by atoms with E-state index in [2.05, 4.69) is 19.2 Å². The van der Waals surface area contributed by atoms with Crippen LogP contribution in [0.15, 0.2) is 12.2 Å². The van der Waals surface area contributed by atoms with Crippen LogP contribution >= 0.6 is 7.82 Å². The average Bonchev–Trinajstić information content (AvgIpc) is 3.15. The summed E-state index contributed by atoms with van der Waals surface area (Å²) in [4.78, 5) is 25.3. The minimum absolute atomic E-state index is 0.00223. The minimum atomic E-state index is -4.58. The Labute approximate surface area is 348 Å². The first kappa shape index (κ1) is 55.2. The number of carbonyl (C=O) groups excluding carboxylic acids is 1. The van der Waals surface area contributed by atoms with Crippen LogP contribution in [0.2, 0.25) is 0 Å². The van der Waals surface area contributed by atoms with Crippen molar-refractivity contribution in [3.8, 4) is 0 Å². The van der Waals surface area contributed by atoms with Crippen molar-refractivity contribution in [3.63, 3.8) is 0 Å². The number of allylic oxidation sites excluding steroid dienone is 1. The third-order valence-corrected chi connectivity index (χ3v) is 12.0. The highest BCUT2D eigenvalue weighted by atomic mass is 31.2. The van der Waals surface area contributed by atoms with Crippen molar-refractivity contribution in [2.45, 2.75) is 244 Å². The van der Waals surface area contributed by atoms with Crippen molar-refractivity contribution in [1.29, 1.82) is 0 Å². The number of amides is 1. The molecular weight excluding hydrogens is 719 g/mol. The standard InChI is InChI=1S/C47H95N2O6P/c1-6-8-10-12-14-16-18-20-22-23-24-25-26-27-29-31-33-35-37-39-41-47(51)48-45(44-55-56(52,53)54-43-42-49(3,4)5)46(50)40-38-36-34-32-30-28-21-19-17-15-13-11-9-7-2/h38,40,45-46,50H,6-37,39,41-44H2,1-5H3,(H-,48,51,52,53)/b40-38+. The lowest BCUT2D eigenvalue weighted by atomic mass is 10.0. The second-order valence-corrected chi connectivity index (χ2v) is 19.2. The molecule has 9 heteroatoms. The Bertz CT molecular complexity index is 927. The summed E-state index contributed by atoms with van der Waals surface area (Å²) >= 11 is 0. The van der Waals surface area contributed by atoms with E-state index in [0.29, 0.717) is 17.4 Å². The zero-order valence-corrected chi connectivity index (χ0v) is 38.7. The molecule has 0 fully saturated rings. The van der Waals surface area contributed by atoms with E-state index in [1.54, 1.807) is 6.08 Å². The van der Waals surface area contributed by atoms with Crippen LogP contribution in [0.25, 0.3) is 0 Å². The SMILES string of the molecule is CCCCCCCCCCCCCC/C=C/C(O)C(COP(=O)([O-])OCC[N+](C)(C)C)NC(=O)CCCCCCCCCCCCCCCCCCCCCC. The molecule has 0 rings (SSSR count). The van der Waals surface area contributed by atoms with E-state index in [-0.39, 0.29) is 19.1 Å². The van der Waals surface area contributed by atoms with E-state index >= 15 is 0 Å². The molecule has 0 aromatic rings. The number of phosphoric acid groups is 1. The van der Waals surface area contributed by atoms with Crippen LogP contribution in [0.1, 0.15) is 232 Å². The number of aliphatic hydroxyl groups excluding tert-OH is 1. The quantitative estimate of drug-likeness (QED) is 0.0274. The minimum Gasteiger partial charge on any atom is -0.756 e. The van der Waals surface area contributed by atoms with E-state index in [0.717, 1.165) is 38.5 Å². The molecule has 0 saturated carbocycles. The third kappa shape index (κ3) is 41.4. The van der Waals surface area contributed by atoms with Crippen molar-refractivity contribution < 1.29 is 32.9 Å². The molecule has 0 spiro atoms. The fourth-order valence-electron chi connectivity index (χ4n) is 7.15. The zero-order chi connectivity index (χ0) is 41.4. The maximum absolute atomic E-state index is 12.9. The van der Waals surface area contributed by atoms with Crippen molar-refractivity contribution in [1.82, 2.24) is 5.32 Å². The second kappa shape index (κ2) is 39.7. The Kier molecular flexibility index (Phi) is 39.1. The van der Waals surface area contributed by atoms with Gasteiger partial charge in [-0.3, -0.25) is 9.36 Å². The summed E-state index contributed by atoms with van der Waals surface area (Å²) in [5.41, 5.74) is 0. The first-order valence-electron chi connectivity index (χ1n) is 24.1. The second-order valence-electron chi connectivity index (χ2n) is 17.8. The molecule has 1 amide bonds. The first-order valence-corrected chi connectivity index (χ1v) is 25.5. The summed E-state index contributed by atoms with van der Waals surface area (Å²) in [6.07, 6.45) is 45.4. The Morgan fingerprint density at radius 2 is 0.964 bits per heavy atom. The highest BCUT2D eigenvalue weighted by Gasteiger charge is 2.23. The summed E-state index contributed by atoms with van der Waals surface area (Å²) in [5, 5.41) is 13.8. The van der Waals surface area contributed by atoms with Crippen molar-refractivity contribution in [2.24, 2.45) is 0 Å². The van der Waals surface area contributed by atoms with Crippen molar-refractivity contribution >= 4 is 13.7 Å². The van der Waals surface area contributed by atoms with Gasteiger partial charge in [0.15, 0.2) is 0 Å². The number of likely N-dealkylation sites (N-methyl/N-ethyl adjacent to an activating group) is 1. The topological polar surface area (TPSA) is 108 Å². The first-order chi connectivity index (χ1) is 27.0. The molecule has 0 aromatic heterocycles. The fourth-order valence-corrected chi connectivity index (χ4v) is 7.88. The summed E-state index contributed by atoms with van der Waals surface area (Å²) < 4.78 is 23.2. The summed E-state index contributed by atoms with van der Waals surface area (Å²) in [7, 11) is 1.27. The molecule has 3 atom stereocenters. The number of hydrogen-bond acceptors (Lipinski definition) is 6. The van der Waals surface area contributed by atoms with Gasteiger partial charge in [0, 0.05) is 6.42 Å². The lowest BCUT2D eigenvalue weighted by Crippen LogP contribution is -2.45. The molecule has 0 aliphatic rings. The van der Waals surface area contributed by atoms with Crippen LogP contribution in [0, 0.1) is 0 Å². The van der Waals surface area contributed by atoms with Gasteiger partial charge in [-0.2, -0.15) is 0 Å². The van der Waals surface area contributed by atoms with E-state index in [1.165, 1.54) is 173 Å². The average molecular weight is 815 g/mol. The van der Waals surface area contributed by atoms with Gasteiger partial charge >= 0.3 is 0 Å². The maximum atomic E-state index is 12.9. The number of nitrogens with one attached hydrogen (secondary N) is 1. The number of aliphatic hydroxyl groups is 1. The van der Waals surface area contributed by atoms with E-state index < -0.39 is 20.0 Å². The molecule has 334 valence electrons. The van der Waals surface area contributed by atoms with Crippen LogP contribution in [0.4, 0.5) is 0 Å². The molecule has 0 aliphatic carbocycles. The lowest BCUT2D eigenvalue weighted by molar-refractivity contribution is -0.870. The monoisotopic (exact) mass is 815 g/mol. The lowest BCUT2D eigenvalue weighted by Gasteiger charge is -2.29. The molecule has 0 bridgehead atoms. The normalized spacial score (nSPS) is 14.3. The molecule has 56 heavy (non-hydrogen) atoms. The summed E-state index contributed by atoms with van der Waals surface area (Å²) in [6, 6.07) is -0.880. The fraction of sp³-hybridized carbons (Fsp3) is 0.936. The van der Waals surface area contributed by atoms with Gasteiger partial charge in [0.25, 0.3) is 7.82 Å². The van der Waals surface area contributed by atoms with Crippen molar-refractivity contribution in [2.75, 3.05) is 40.9 Å². The van der Waals surface area contributed by atoms with Gasteiger partial charge in [0.05, 0.1) is 39.9 Å². The number of phosphoric ester groups is 1. The van der Waals surface area contributed by atoms with Crippen LogP contribution in [0.5, 0.6) is 0 Å². The van der Waals surface area contributed by atoms with Gasteiger partial charge in [0.2, 0.25) is 5.91 Å². The van der Waals surface area contributed by atoms with Gasteiger partial charge < -0.3 is 28.8 Å². The molecule has 2 N–H and O–H groups in total. The van der Waals surface area contributed by atoms with E-state index in [4.69, 9.17) is 9.05 Å². The smallest absolute Gasteiger partial charge is 0.268 e. The van der Waals surface area contributed by atoms with Gasteiger partial charge in [-0.05, 0) is 19.3 Å². The number of unbranched alkanes of at least 4 members (excludes halogenated alkanes) is 31. The third-order valence-electron chi connectivity index (χ3n) is 11.0. The highest BCUT2D eigenvalue weighted by molar-refractivity contribution is 7.45. The van der Waals surface area contributed by atoms with Crippen molar-refractivity contribution in [3.05, 3.63) is 12.2 Å². The summed E-state index contributed by atoms with van der Waals surface area (Å²) in [5.74, 6) is -0.193. The molecule has 0 aromatic carbocycles. The number of hydrogen-bond donors (Lipinski definition) is 2. The molecule has 3 unspecified atom stereocenters. The van der Waals surface area contributed by atoms with Crippen LogP contribution in [-0.2, 0) is 18.4 Å². The molecule has 0 radical (unpaired) electrons. The Hall–Kier alpha value is -0.760. The molecule has 0 heterocycles. The van der Waals surface area contributed by atoms with Gasteiger partial charge in [-0.1, -0.05) is 219 Å². The number of carbonyl (C=O) groups is 1. The Balaban J connectivity index is 4.29. The van der Waals surface area contributed by atoms with Crippen LogP contribution in [-0.4, -0.2) is 68.5 Å². The zero-order valence-electron chi connectivity index (χ0n) is 37.9. The number of quaternary nitrogens is 1. The predicted molar refractivity (Wildman–Crippen MR) is 238 cm³/mol. The predicted octanol–water partition coefficient (Wildman–Crippen LogP) is 12.9. The highest BCUT2D eigenvalue weighted by Crippen LogP contribution is 2.38. The molecule has 8 nitrogen and oxygen atoms in total. The van der Waals surface area contributed by atoms with E-state index in [1.807, 2.05) is 27.2 Å². The largest absolute Gasteiger partial charge is 0.756 e. The van der Waals surface area contributed by atoms with Gasteiger partial charge in [-0.15, -0.1) is 0 Å². The molecular formula is C47H95N2O6P. The number of nitrogens with zero attached hydrogens (tertiary/aromatic N) is 1. The maximum Gasteiger partial charge on any atom is 0.268 e. The number of rotatable bonds is 44. The molecule has 0 aliphatic heterocycles. The Morgan fingerprint density at radius 1 is 0.607 bits per heavy atom. The molecule has 0 saturated heterocycles. The van der Waals surface area contributed by atoms with Gasteiger partial charge in [-0.25, -0.2) is 0 Å². The van der Waals surface area contributed by atoms with E-state index in [9.17, 15) is 19.4 Å². The Morgan fingerprint density at radius 3 is 1.34 bits per heavy atom. The van der Waals surface area contributed by atoms with Crippen LogP contribution < -0.4 is 10.2 Å². The van der Waals surface area contributed by atoms with Gasteiger partial charge in [0.1, 0.15) is 13.2 Å². The van der Waals surface area contributed by atoms with Crippen LogP contribution in [0.3, 0.4) is 0 Å². The summed E-state index contributed by atoms with van der Waals surface area (Å²) in [6.45, 7) is 4.67.